The monoisotopic (exact) mass is 417 g/mol. The van der Waals surface area contributed by atoms with Crippen molar-refractivity contribution in [3.05, 3.63) is 65.2 Å². The van der Waals surface area contributed by atoms with Crippen LogP contribution in [0.4, 0.5) is 0 Å². The van der Waals surface area contributed by atoms with Gasteiger partial charge in [0, 0.05) is 17.1 Å². The third kappa shape index (κ3) is 5.30. The van der Waals surface area contributed by atoms with Crippen LogP contribution < -0.4 is 10.1 Å². The Morgan fingerprint density at radius 1 is 0.964 bits per heavy atom. The van der Waals surface area contributed by atoms with E-state index in [1.807, 2.05) is 35.7 Å². The smallest absolute Gasteiger partial charge is 0.338 e. The van der Waals surface area contributed by atoms with Gasteiger partial charge in [-0.2, -0.15) is 0 Å². The molecule has 28 heavy (non-hydrogen) atoms. The fourth-order valence-corrected chi connectivity index (χ4v) is 5.38. The summed E-state index contributed by atoms with van der Waals surface area (Å²) in [5.41, 5.74) is 1.83. The zero-order valence-corrected chi connectivity index (χ0v) is 16.8. The Hall–Kier alpha value is -2.45. The number of carbonyl (C=O) groups excluding carboxylic acids is 3. The molecule has 0 radical (unpaired) electrons. The van der Waals surface area contributed by atoms with Gasteiger partial charge in [0.1, 0.15) is 5.75 Å². The van der Waals surface area contributed by atoms with Gasteiger partial charge in [0.25, 0.3) is 11.8 Å². The normalized spacial score (nSPS) is 13.8. The molecule has 1 saturated heterocycles. The number of benzene rings is 2. The molecular weight excluding hydrogens is 398 g/mol. The average Bonchev–Trinajstić information content (AvgIpc) is 3.27. The van der Waals surface area contributed by atoms with Crippen LogP contribution in [0.1, 0.15) is 30.9 Å². The number of hydrogen-bond acceptors (Lipinski definition) is 7. The Bertz CT molecular complexity index is 846. The first-order valence-electron chi connectivity index (χ1n) is 8.55. The predicted octanol–water partition coefficient (Wildman–Crippen LogP) is 3.29. The Balaban J connectivity index is 1.48. The second-order valence-electron chi connectivity index (χ2n) is 5.88. The second-order valence-corrected chi connectivity index (χ2v) is 8.60. The summed E-state index contributed by atoms with van der Waals surface area (Å²) in [7, 11) is 1.52. The van der Waals surface area contributed by atoms with Crippen molar-refractivity contribution < 1.29 is 23.9 Å². The van der Waals surface area contributed by atoms with Gasteiger partial charge in [-0.15, -0.1) is 23.5 Å². The van der Waals surface area contributed by atoms with Crippen LogP contribution in [0.2, 0.25) is 0 Å². The number of methoxy groups -OCH3 is 1. The number of amides is 2. The summed E-state index contributed by atoms with van der Waals surface area (Å²) >= 11 is 3.77. The SMILES string of the molecule is COc1ccc(C(=O)NC(=O)COC(=O)c2ccc(C3SCCS3)cc2)cc1. The molecule has 0 aliphatic carbocycles. The van der Waals surface area contributed by atoms with Crippen molar-refractivity contribution in [2.45, 2.75) is 4.58 Å². The number of esters is 1. The van der Waals surface area contributed by atoms with Gasteiger partial charge in [-0.1, -0.05) is 12.1 Å². The molecule has 0 unspecified atom stereocenters. The number of rotatable bonds is 6. The van der Waals surface area contributed by atoms with Gasteiger partial charge in [-0.3, -0.25) is 14.9 Å². The molecule has 1 aliphatic rings. The highest BCUT2D eigenvalue weighted by Gasteiger charge is 2.19. The van der Waals surface area contributed by atoms with Gasteiger partial charge in [-0.05, 0) is 42.0 Å². The van der Waals surface area contributed by atoms with Gasteiger partial charge in [0.15, 0.2) is 6.61 Å². The molecule has 1 aliphatic heterocycles. The molecular formula is C20H19NO5S2. The van der Waals surface area contributed by atoms with E-state index in [4.69, 9.17) is 9.47 Å². The summed E-state index contributed by atoms with van der Waals surface area (Å²) in [5, 5.41) is 2.19. The molecule has 2 aromatic rings. The molecule has 146 valence electrons. The lowest BCUT2D eigenvalue weighted by Crippen LogP contribution is -2.34. The Labute approximate surface area is 171 Å². The molecule has 2 aromatic carbocycles. The predicted molar refractivity (Wildman–Crippen MR) is 110 cm³/mol. The lowest BCUT2D eigenvalue weighted by Gasteiger charge is -2.09. The highest BCUT2D eigenvalue weighted by molar-refractivity contribution is 8.19. The quantitative estimate of drug-likeness (QED) is 0.722. The van der Waals surface area contributed by atoms with Crippen LogP contribution in [0, 0.1) is 0 Å². The van der Waals surface area contributed by atoms with Crippen molar-refractivity contribution in [2.24, 2.45) is 0 Å². The van der Waals surface area contributed by atoms with E-state index in [1.165, 1.54) is 19.2 Å². The molecule has 0 atom stereocenters. The first-order chi connectivity index (χ1) is 13.6. The van der Waals surface area contributed by atoms with Gasteiger partial charge in [0.05, 0.1) is 17.3 Å². The Kier molecular flexibility index (Phi) is 7.00. The van der Waals surface area contributed by atoms with E-state index in [0.717, 1.165) is 17.1 Å². The Morgan fingerprint density at radius 2 is 1.57 bits per heavy atom. The summed E-state index contributed by atoms with van der Waals surface area (Å²) in [6.45, 7) is -0.531. The number of ether oxygens (including phenoxy) is 2. The first-order valence-corrected chi connectivity index (χ1v) is 10.6. The van der Waals surface area contributed by atoms with Gasteiger partial charge < -0.3 is 9.47 Å². The van der Waals surface area contributed by atoms with Crippen LogP contribution in [0.25, 0.3) is 0 Å². The number of nitrogens with one attached hydrogen (secondary N) is 1. The van der Waals surface area contributed by atoms with Gasteiger partial charge in [0.2, 0.25) is 0 Å². The minimum Gasteiger partial charge on any atom is -0.497 e. The maximum Gasteiger partial charge on any atom is 0.338 e. The van der Waals surface area contributed by atoms with E-state index in [-0.39, 0.29) is 0 Å². The number of thioether (sulfide) groups is 2. The minimum absolute atomic E-state index is 0.304. The maximum absolute atomic E-state index is 12.1. The topological polar surface area (TPSA) is 81.7 Å². The standard InChI is InChI=1S/C20H19NO5S2/c1-25-16-8-6-13(7-9-16)18(23)21-17(22)12-26-19(24)14-2-4-15(5-3-14)20-27-10-11-28-20/h2-9,20H,10-12H2,1H3,(H,21,22,23). The van der Waals surface area contributed by atoms with Crippen LogP contribution in [0.5, 0.6) is 5.75 Å². The second kappa shape index (κ2) is 9.66. The minimum atomic E-state index is -0.690. The lowest BCUT2D eigenvalue weighted by atomic mass is 10.1. The van der Waals surface area contributed by atoms with E-state index in [0.29, 0.717) is 21.5 Å². The first kappa shape index (κ1) is 20.3. The molecule has 6 nitrogen and oxygen atoms in total. The van der Waals surface area contributed by atoms with Crippen molar-refractivity contribution in [3.8, 4) is 5.75 Å². The summed E-state index contributed by atoms with van der Waals surface area (Å²) in [6, 6.07) is 13.5. The van der Waals surface area contributed by atoms with Crippen LogP contribution in [-0.2, 0) is 9.53 Å². The number of imide groups is 1. The zero-order chi connectivity index (χ0) is 19.9. The molecule has 1 fully saturated rings. The number of carbonyl (C=O) groups is 3. The van der Waals surface area contributed by atoms with Gasteiger partial charge >= 0.3 is 5.97 Å². The van der Waals surface area contributed by atoms with Crippen molar-refractivity contribution in [2.75, 3.05) is 25.2 Å². The third-order valence-corrected chi connectivity index (χ3v) is 7.08. The molecule has 0 saturated carbocycles. The molecule has 0 bridgehead atoms. The van der Waals surface area contributed by atoms with E-state index in [9.17, 15) is 14.4 Å². The van der Waals surface area contributed by atoms with E-state index in [1.54, 1.807) is 24.3 Å². The molecule has 2 amide bonds. The largest absolute Gasteiger partial charge is 0.497 e. The average molecular weight is 418 g/mol. The summed E-state index contributed by atoms with van der Waals surface area (Å²) in [6.07, 6.45) is 0. The van der Waals surface area contributed by atoms with E-state index < -0.39 is 24.4 Å². The summed E-state index contributed by atoms with van der Waals surface area (Å²) in [5.74, 6) is 0.995. The zero-order valence-electron chi connectivity index (χ0n) is 15.2. The maximum atomic E-state index is 12.1. The molecule has 3 rings (SSSR count). The van der Waals surface area contributed by atoms with Crippen molar-refractivity contribution in [3.63, 3.8) is 0 Å². The highest BCUT2D eigenvalue weighted by Crippen LogP contribution is 2.45. The summed E-state index contributed by atoms with van der Waals surface area (Å²) < 4.78 is 10.4. The lowest BCUT2D eigenvalue weighted by molar-refractivity contribution is -0.123. The number of hydrogen-bond donors (Lipinski definition) is 1. The van der Waals surface area contributed by atoms with Crippen LogP contribution in [0.3, 0.4) is 0 Å². The van der Waals surface area contributed by atoms with Crippen LogP contribution in [0.15, 0.2) is 48.5 Å². The molecule has 1 N–H and O–H groups in total. The van der Waals surface area contributed by atoms with Crippen molar-refractivity contribution >= 4 is 41.3 Å². The fourth-order valence-electron chi connectivity index (χ4n) is 2.52. The van der Waals surface area contributed by atoms with Crippen LogP contribution in [-0.4, -0.2) is 43.0 Å². The Morgan fingerprint density at radius 3 is 2.18 bits per heavy atom. The fraction of sp³-hybridized carbons (Fsp3) is 0.250. The van der Waals surface area contributed by atoms with Crippen LogP contribution >= 0.6 is 23.5 Å². The van der Waals surface area contributed by atoms with Crippen molar-refractivity contribution in [1.29, 1.82) is 0 Å². The third-order valence-electron chi connectivity index (χ3n) is 3.98. The highest BCUT2D eigenvalue weighted by atomic mass is 32.2. The van der Waals surface area contributed by atoms with Crippen molar-refractivity contribution in [1.82, 2.24) is 5.32 Å². The van der Waals surface area contributed by atoms with Gasteiger partial charge in [-0.25, -0.2) is 4.79 Å². The molecule has 0 aromatic heterocycles. The molecule has 0 spiro atoms. The van der Waals surface area contributed by atoms with E-state index in [2.05, 4.69) is 5.32 Å². The van der Waals surface area contributed by atoms with E-state index >= 15 is 0 Å². The molecule has 1 heterocycles. The summed E-state index contributed by atoms with van der Waals surface area (Å²) in [4.78, 5) is 36.0. The molecule has 8 heteroatoms.